The van der Waals surface area contributed by atoms with Crippen molar-refractivity contribution in [2.24, 2.45) is 0 Å². The number of benzene rings is 1. The second-order valence-corrected chi connectivity index (χ2v) is 4.97. The van der Waals surface area contributed by atoms with Crippen LogP contribution in [0.3, 0.4) is 0 Å². The van der Waals surface area contributed by atoms with Gasteiger partial charge in [0.25, 0.3) is 0 Å². The van der Waals surface area contributed by atoms with Crippen molar-refractivity contribution < 1.29 is 42.7 Å². The summed E-state index contributed by atoms with van der Waals surface area (Å²) in [5.41, 5.74) is 5.19. The molecule has 0 saturated heterocycles. The van der Waals surface area contributed by atoms with Crippen LogP contribution in [0, 0.1) is 18.3 Å². The van der Waals surface area contributed by atoms with E-state index in [1.54, 1.807) is 0 Å². The third-order valence-corrected chi connectivity index (χ3v) is 3.34. The van der Waals surface area contributed by atoms with E-state index in [1.807, 2.05) is 6.07 Å². The van der Waals surface area contributed by atoms with Gasteiger partial charge in [-0.3, -0.25) is 0 Å². The maximum absolute atomic E-state index is 12.7. The minimum atomic E-state index is -4.57. The molecule has 0 fully saturated rings. The molecule has 0 atom stereocenters. The predicted molar refractivity (Wildman–Crippen MR) is 72.5 cm³/mol. The Balaban J connectivity index is 0.00000242. The van der Waals surface area contributed by atoms with Crippen LogP contribution in [0.1, 0.15) is 16.8 Å². The largest absolute Gasteiger partial charge is 1.00 e. The fourth-order valence-electron chi connectivity index (χ4n) is 1.79. The number of halogens is 5. The van der Waals surface area contributed by atoms with Crippen LogP contribution < -0.4 is 35.3 Å². The molecular formula is C12H7Cl2F3N4Na+. The summed E-state index contributed by atoms with van der Waals surface area (Å²) >= 11 is 11.7. The van der Waals surface area contributed by atoms with Gasteiger partial charge in [-0.1, -0.05) is 23.2 Å². The maximum atomic E-state index is 12.7. The number of anilines is 1. The molecular weight excluding hydrogens is 351 g/mol. The number of rotatable bonds is 1. The summed E-state index contributed by atoms with van der Waals surface area (Å²) in [6.45, 7) is 1.54. The third-order valence-electron chi connectivity index (χ3n) is 2.76. The molecule has 22 heavy (non-hydrogen) atoms. The van der Waals surface area contributed by atoms with Crippen molar-refractivity contribution in [3.05, 3.63) is 39.0 Å². The first-order valence-corrected chi connectivity index (χ1v) is 6.24. The Morgan fingerprint density at radius 3 is 2.14 bits per heavy atom. The van der Waals surface area contributed by atoms with Gasteiger partial charge in [0, 0.05) is 0 Å². The molecule has 0 saturated carbocycles. The molecule has 0 aliphatic carbocycles. The Bertz CT molecular complexity index is 742. The molecule has 2 rings (SSSR count). The standard InChI is InChI=1S/C12H7Cl2F3N4.Na/c1-5-7(4-18)11(19)21(20-5)10-8(13)2-6(3-9(10)14)12(15,16)17;/h2-3H,19H2,1H3;/q;+1. The molecule has 2 N–H and O–H groups in total. The fourth-order valence-corrected chi connectivity index (χ4v) is 2.43. The van der Waals surface area contributed by atoms with E-state index in [0.717, 1.165) is 16.8 Å². The summed E-state index contributed by atoms with van der Waals surface area (Å²) in [5.74, 6) is -0.0430. The van der Waals surface area contributed by atoms with E-state index >= 15 is 0 Å². The molecule has 1 aromatic heterocycles. The summed E-state index contributed by atoms with van der Waals surface area (Å²) in [6, 6.07) is 3.31. The van der Waals surface area contributed by atoms with Gasteiger partial charge >= 0.3 is 35.7 Å². The first-order valence-electron chi connectivity index (χ1n) is 5.48. The van der Waals surface area contributed by atoms with Crippen molar-refractivity contribution in [3.63, 3.8) is 0 Å². The van der Waals surface area contributed by atoms with E-state index in [4.69, 9.17) is 34.2 Å². The number of hydrogen-bond acceptors (Lipinski definition) is 3. The van der Waals surface area contributed by atoms with Crippen molar-refractivity contribution in [1.29, 1.82) is 5.26 Å². The first-order chi connectivity index (χ1) is 9.66. The second kappa shape index (κ2) is 6.69. The van der Waals surface area contributed by atoms with Crippen molar-refractivity contribution in [1.82, 2.24) is 9.78 Å². The molecule has 0 unspecified atom stereocenters. The minimum absolute atomic E-state index is 0. The fraction of sp³-hybridized carbons (Fsp3) is 0.167. The van der Waals surface area contributed by atoms with Crippen LogP contribution in [-0.2, 0) is 6.18 Å². The second-order valence-electron chi connectivity index (χ2n) is 4.16. The van der Waals surface area contributed by atoms with Gasteiger partial charge in [0.05, 0.1) is 21.3 Å². The van der Waals surface area contributed by atoms with E-state index in [1.165, 1.54) is 6.92 Å². The van der Waals surface area contributed by atoms with Gasteiger partial charge in [0.2, 0.25) is 0 Å². The topological polar surface area (TPSA) is 67.6 Å². The van der Waals surface area contributed by atoms with E-state index in [2.05, 4.69) is 5.10 Å². The van der Waals surface area contributed by atoms with Gasteiger partial charge in [-0.25, -0.2) is 4.68 Å². The molecule has 110 valence electrons. The van der Waals surface area contributed by atoms with Crippen molar-refractivity contribution in [2.45, 2.75) is 13.1 Å². The zero-order chi connectivity index (χ0) is 15.9. The molecule has 0 aliphatic heterocycles. The zero-order valence-electron chi connectivity index (χ0n) is 11.5. The summed E-state index contributed by atoms with van der Waals surface area (Å²) < 4.78 is 39.1. The number of hydrogen-bond donors (Lipinski definition) is 1. The molecule has 1 aromatic carbocycles. The molecule has 4 nitrogen and oxygen atoms in total. The first kappa shape index (κ1) is 19.1. The van der Waals surface area contributed by atoms with Crippen LogP contribution in [0.2, 0.25) is 10.0 Å². The van der Waals surface area contributed by atoms with Crippen LogP contribution in [0.5, 0.6) is 0 Å². The Hall–Kier alpha value is -0.910. The SMILES string of the molecule is Cc1nn(-c2c(Cl)cc(C(F)(F)F)cc2Cl)c(N)c1C#N.[Na+]. The number of nitrogens with zero attached hydrogens (tertiary/aromatic N) is 3. The molecule has 1 heterocycles. The van der Waals surface area contributed by atoms with Gasteiger partial charge in [-0.05, 0) is 19.1 Å². The van der Waals surface area contributed by atoms with Gasteiger partial charge in [0.15, 0.2) is 0 Å². The summed E-state index contributed by atoms with van der Waals surface area (Å²) in [6.07, 6.45) is -4.57. The van der Waals surface area contributed by atoms with Crippen molar-refractivity contribution in [2.75, 3.05) is 5.73 Å². The quantitative estimate of drug-likeness (QED) is 0.773. The summed E-state index contributed by atoms with van der Waals surface area (Å²) in [7, 11) is 0. The summed E-state index contributed by atoms with van der Waals surface area (Å²) in [5, 5.41) is 12.4. The Morgan fingerprint density at radius 2 is 1.77 bits per heavy atom. The van der Waals surface area contributed by atoms with E-state index < -0.39 is 11.7 Å². The maximum Gasteiger partial charge on any atom is 1.00 e. The molecule has 0 radical (unpaired) electrons. The summed E-state index contributed by atoms with van der Waals surface area (Å²) in [4.78, 5) is 0. The average Bonchev–Trinajstić information content (AvgIpc) is 2.62. The Morgan fingerprint density at radius 1 is 1.27 bits per heavy atom. The van der Waals surface area contributed by atoms with Gasteiger partial charge < -0.3 is 5.73 Å². The van der Waals surface area contributed by atoms with Crippen LogP contribution >= 0.6 is 23.2 Å². The monoisotopic (exact) mass is 357 g/mol. The third kappa shape index (κ3) is 3.36. The van der Waals surface area contributed by atoms with E-state index in [0.29, 0.717) is 5.69 Å². The molecule has 0 spiro atoms. The van der Waals surface area contributed by atoms with Crippen molar-refractivity contribution >= 4 is 29.0 Å². The average molecular weight is 358 g/mol. The number of aromatic nitrogens is 2. The number of aryl methyl sites for hydroxylation is 1. The van der Waals surface area contributed by atoms with Gasteiger partial charge in [-0.2, -0.15) is 23.5 Å². The van der Waals surface area contributed by atoms with Crippen LogP contribution in [0.15, 0.2) is 12.1 Å². The Kier molecular flexibility index (Phi) is 5.82. The number of nitriles is 1. The van der Waals surface area contributed by atoms with Crippen molar-refractivity contribution in [3.8, 4) is 11.8 Å². The van der Waals surface area contributed by atoms with Crippen LogP contribution in [0.25, 0.3) is 5.69 Å². The van der Waals surface area contributed by atoms with Gasteiger partial charge in [0.1, 0.15) is 23.1 Å². The normalized spacial score (nSPS) is 11.0. The number of alkyl halides is 3. The molecule has 0 amide bonds. The van der Waals surface area contributed by atoms with Crippen LogP contribution in [0.4, 0.5) is 19.0 Å². The predicted octanol–water partition coefficient (Wildman–Crippen LogP) is 0.964. The zero-order valence-corrected chi connectivity index (χ0v) is 15.0. The molecule has 0 aliphatic rings. The smallest absolute Gasteiger partial charge is 0.382 e. The Labute approximate surface area is 155 Å². The van der Waals surface area contributed by atoms with Crippen LogP contribution in [-0.4, -0.2) is 9.78 Å². The van der Waals surface area contributed by atoms with E-state index in [9.17, 15) is 13.2 Å². The molecule has 10 heteroatoms. The number of nitrogen functional groups attached to an aromatic ring is 1. The number of nitrogens with two attached hydrogens (primary N) is 1. The van der Waals surface area contributed by atoms with Gasteiger partial charge in [-0.15, -0.1) is 0 Å². The minimum Gasteiger partial charge on any atom is -0.382 e. The molecule has 2 aromatic rings. The van der Waals surface area contributed by atoms with E-state index in [-0.39, 0.29) is 56.7 Å². The molecule has 0 bridgehead atoms.